The van der Waals surface area contributed by atoms with E-state index < -0.39 is 0 Å². The molecule has 0 saturated carbocycles. The van der Waals surface area contributed by atoms with Crippen LogP contribution in [-0.4, -0.2) is 34.0 Å². The fourth-order valence-corrected chi connectivity index (χ4v) is 3.80. The van der Waals surface area contributed by atoms with Crippen LogP contribution in [0.15, 0.2) is 78.9 Å². The quantitative estimate of drug-likeness (QED) is 0.353. The monoisotopic (exact) mass is 473 g/mol. The minimum absolute atomic E-state index is 0.0567. The number of carbonyl (C=O) groups excluding carboxylic acids is 1. The van der Waals surface area contributed by atoms with Gasteiger partial charge in [-0.3, -0.25) is 4.79 Å². The topological polar surface area (TPSA) is 76.4 Å². The second-order valence-corrected chi connectivity index (χ2v) is 8.27. The average Bonchev–Trinajstić information content (AvgIpc) is 3.30. The average molecular weight is 474 g/mol. The smallest absolute Gasteiger partial charge is 0.220 e. The summed E-state index contributed by atoms with van der Waals surface area (Å²) in [5.41, 5.74) is 5.13. The van der Waals surface area contributed by atoms with E-state index in [4.69, 9.17) is 14.9 Å². The zero-order valence-corrected chi connectivity index (χ0v) is 19.6. The minimum Gasteiger partial charge on any atom is -0.491 e. The van der Waals surface area contributed by atoms with E-state index in [2.05, 4.69) is 5.32 Å². The van der Waals surface area contributed by atoms with Crippen LogP contribution in [0.25, 0.3) is 16.9 Å². The highest BCUT2D eigenvalue weighted by molar-refractivity contribution is 5.76. The van der Waals surface area contributed by atoms with Crippen molar-refractivity contribution in [1.82, 2.24) is 15.1 Å². The minimum atomic E-state index is -0.333. The Morgan fingerprint density at radius 1 is 1.06 bits per heavy atom. The molecule has 0 bridgehead atoms. The SMILES string of the molecule is Cc1cccc(CNC(=O)CCc2cc(-c3cccc(F)c3)n(-c3ccc(OCCO)cc3)n2)c1. The van der Waals surface area contributed by atoms with Gasteiger partial charge in [-0.1, -0.05) is 42.0 Å². The number of aromatic nitrogens is 2. The number of hydrogen-bond donors (Lipinski definition) is 2. The second kappa shape index (κ2) is 11.4. The number of hydrogen-bond acceptors (Lipinski definition) is 4. The Morgan fingerprint density at radius 2 is 1.86 bits per heavy atom. The van der Waals surface area contributed by atoms with Crippen LogP contribution in [-0.2, 0) is 17.8 Å². The number of aryl methyl sites for hydroxylation is 2. The number of aliphatic hydroxyl groups excluding tert-OH is 1. The Hall–Kier alpha value is -3.97. The number of ether oxygens (including phenoxy) is 1. The number of aliphatic hydroxyl groups is 1. The molecule has 3 aromatic carbocycles. The van der Waals surface area contributed by atoms with Crippen molar-refractivity contribution in [3.05, 3.63) is 102 Å². The van der Waals surface area contributed by atoms with Crippen molar-refractivity contribution in [3.63, 3.8) is 0 Å². The molecule has 4 aromatic rings. The fraction of sp³-hybridized carbons (Fsp3) is 0.214. The number of halogens is 1. The molecular weight excluding hydrogens is 445 g/mol. The lowest BCUT2D eigenvalue weighted by Gasteiger charge is -2.09. The van der Waals surface area contributed by atoms with E-state index in [-0.39, 0.29) is 24.9 Å². The van der Waals surface area contributed by atoms with Crippen LogP contribution in [0.4, 0.5) is 4.39 Å². The number of benzene rings is 3. The Morgan fingerprint density at radius 3 is 2.60 bits per heavy atom. The third kappa shape index (κ3) is 6.55. The Balaban J connectivity index is 1.50. The third-order valence-electron chi connectivity index (χ3n) is 5.50. The van der Waals surface area contributed by atoms with Gasteiger partial charge in [0.25, 0.3) is 0 Å². The molecule has 0 radical (unpaired) electrons. The highest BCUT2D eigenvalue weighted by atomic mass is 19.1. The molecule has 0 fully saturated rings. The van der Waals surface area contributed by atoms with Crippen molar-refractivity contribution >= 4 is 5.91 Å². The lowest BCUT2D eigenvalue weighted by Crippen LogP contribution is -2.23. The standard InChI is InChI=1S/C28H28FN3O3/c1-20-4-2-5-21(16-20)19-30-28(34)13-8-24-18-27(22-6-3-7-23(29)17-22)32(31-24)25-9-11-26(12-10-25)35-15-14-33/h2-7,9-12,16-18,33H,8,13-15,19H2,1H3,(H,30,34). The normalized spacial score (nSPS) is 10.8. The predicted octanol–water partition coefficient (Wildman–Crippen LogP) is 4.61. The Bertz CT molecular complexity index is 1280. The zero-order valence-electron chi connectivity index (χ0n) is 19.6. The lowest BCUT2D eigenvalue weighted by atomic mass is 10.1. The number of amides is 1. The molecule has 4 rings (SSSR count). The zero-order chi connectivity index (χ0) is 24.6. The maximum atomic E-state index is 13.9. The van der Waals surface area contributed by atoms with Crippen LogP contribution in [0.5, 0.6) is 5.75 Å². The highest BCUT2D eigenvalue weighted by Gasteiger charge is 2.14. The van der Waals surface area contributed by atoms with E-state index in [0.29, 0.717) is 30.7 Å². The van der Waals surface area contributed by atoms with Crippen molar-refractivity contribution in [2.75, 3.05) is 13.2 Å². The van der Waals surface area contributed by atoms with Crippen molar-refractivity contribution in [2.24, 2.45) is 0 Å². The molecule has 1 aromatic heterocycles. The van der Waals surface area contributed by atoms with Crippen LogP contribution in [0, 0.1) is 12.7 Å². The van der Waals surface area contributed by atoms with Crippen LogP contribution in [0.1, 0.15) is 23.2 Å². The van der Waals surface area contributed by atoms with E-state index in [1.807, 2.05) is 55.5 Å². The summed E-state index contributed by atoms with van der Waals surface area (Å²) in [7, 11) is 0. The molecule has 0 unspecified atom stereocenters. The van der Waals surface area contributed by atoms with E-state index in [1.165, 1.54) is 12.1 Å². The molecule has 0 aliphatic heterocycles. The van der Waals surface area contributed by atoms with E-state index in [0.717, 1.165) is 28.2 Å². The van der Waals surface area contributed by atoms with Gasteiger partial charge in [-0.15, -0.1) is 0 Å². The van der Waals surface area contributed by atoms with Gasteiger partial charge >= 0.3 is 0 Å². The molecule has 7 heteroatoms. The molecule has 1 amide bonds. The van der Waals surface area contributed by atoms with Crippen LogP contribution < -0.4 is 10.1 Å². The van der Waals surface area contributed by atoms with Gasteiger partial charge in [-0.2, -0.15) is 5.10 Å². The van der Waals surface area contributed by atoms with E-state index in [9.17, 15) is 9.18 Å². The van der Waals surface area contributed by atoms with Gasteiger partial charge in [0.1, 0.15) is 18.2 Å². The van der Waals surface area contributed by atoms with Gasteiger partial charge in [0.15, 0.2) is 0 Å². The van der Waals surface area contributed by atoms with Gasteiger partial charge in [0.05, 0.1) is 23.7 Å². The van der Waals surface area contributed by atoms with Gasteiger partial charge < -0.3 is 15.2 Å². The van der Waals surface area contributed by atoms with E-state index >= 15 is 0 Å². The molecular formula is C28H28FN3O3. The van der Waals surface area contributed by atoms with Crippen LogP contribution >= 0.6 is 0 Å². The molecule has 0 aliphatic carbocycles. The summed E-state index contributed by atoms with van der Waals surface area (Å²) in [5, 5.41) is 16.6. The summed E-state index contributed by atoms with van der Waals surface area (Å²) in [6.07, 6.45) is 0.742. The molecule has 2 N–H and O–H groups in total. The van der Waals surface area contributed by atoms with Crippen molar-refractivity contribution in [1.29, 1.82) is 0 Å². The number of carbonyl (C=O) groups is 1. The van der Waals surface area contributed by atoms with Crippen molar-refractivity contribution in [3.8, 4) is 22.7 Å². The van der Waals surface area contributed by atoms with Gasteiger partial charge in [0, 0.05) is 24.9 Å². The summed E-state index contributed by atoms with van der Waals surface area (Å²) < 4.78 is 21.1. The Kier molecular flexibility index (Phi) is 7.90. The number of nitrogens with one attached hydrogen (secondary N) is 1. The predicted molar refractivity (Wildman–Crippen MR) is 133 cm³/mol. The molecule has 0 spiro atoms. The first-order valence-corrected chi connectivity index (χ1v) is 11.5. The fourth-order valence-electron chi connectivity index (χ4n) is 3.80. The van der Waals surface area contributed by atoms with Crippen molar-refractivity contribution in [2.45, 2.75) is 26.3 Å². The molecule has 1 heterocycles. The van der Waals surface area contributed by atoms with Gasteiger partial charge in [-0.25, -0.2) is 9.07 Å². The van der Waals surface area contributed by atoms with Crippen LogP contribution in [0.3, 0.4) is 0 Å². The summed E-state index contributed by atoms with van der Waals surface area (Å²) in [5.74, 6) is 0.242. The molecule has 6 nitrogen and oxygen atoms in total. The Labute approximate surface area is 204 Å². The van der Waals surface area contributed by atoms with E-state index in [1.54, 1.807) is 22.9 Å². The lowest BCUT2D eigenvalue weighted by molar-refractivity contribution is -0.121. The third-order valence-corrected chi connectivity index (χ3v) is 5.50. The first kappa shape index (κ1) is 24.2. The summed E-state index contributed by atoms with van der Waals surface area (Å²) in [4.78, 5) is 12.4. The molecule has 0 aliphatic rings. The van der Waals surface area contributed by atoms with Crippen molar-refractivity contribution < 1.29 is 19.0 Å². The maximum Gasteiger partial charge on any atom is 0.220 e. The molecule has 35 heavy (non-hydrogen) atoms. The maximum absolute atomic E-state index is 13.9. The van der Waals surface area contributed by atoms with Gasteiger partial charge in [-0.05, 0) is 55.0 Å². The first-order chi connectivity index (χ1) is 17.0. The number of rotatable bonds is 10. The molecule has 180 valence electrons. The highest BCUT2D eigenvalue weighted by Crippen LogP contribution is 2.26. The largest absolute Gasteiger partial charge is 0.491 e. The summed E-state index contributed by atoms with van der Waals surface area (Å²) >= 11 is 0. The molecule has 0 atom stereocenters. The second-order valence-electron chi connectivity index (χ2n) is 8.27. The summed E-state index contributed by atoms with van der Waals surface area (Å²) in [6, 6.07) is 23.5. The number of nitrogens with zero attached hydrogens (tertiary/aromatic N) is 2. The summed E-state index contributed by atoms with van der Waals surface area (Å²) in [6.45, 7) is 2.65. The van der Waals surface area contributed by atoms with Crippen LogP contribution in [0.2, 0.25) is 0 Å². The van der Waals surface area contributed by atoms with Gasteiger partial charge in [0.2, 0.25) is 5.91 Å². The first-order valence-electron chi connectivity index (χ1n) is 11.5. The molecule has 0 saturated heterocycles.